The Morgan fingerprint density at radius 3 is 2.56 bits per heavy atom. The van der Waals surface area contributed by atoms with E-state index in [1.165, 1.54) is 6.33 Å². The fourth-order valence-electron chi connectivity index (χ4n) is 5.84. The molecule has 0 bridgehead atoms. The smallest absolute Gasteiger partial charge is 0.263 e. The van der Waals surface area contributed by atoms with E-state index in [9.17, 15) is 13.2 Å². The summed E-state index contributed by atoms with van der Waals surface area (Å²) < 4.78 is 27.2. The van der Waals surface area contributed by atoms with Crippen molar-refractivity contribution < 1.29 is 8.42 Å². The highest BCUT2D eigenvalue weighted by atomic mass is 32.2. The number of fused-ring (bicyclic) bond motifs is 3. The van der Waals surface area contributed by atoms with Gasteiger partial charge in [-0.1, -0.05) is 36.4 Å². The summed E-state index contributed by atoms with van der Waals surface area (Å²) in [7, 11) is -2.84. The average molecular weight is 590 g/mol. The van der Waals surface area contributed by atoms with Gasteiger partial charge in [-0.3, -0.25) is 14.1 Å². The number of para-hydroxylation sites is 1. The summed E-state index contributed by atoms with van der Waals surface area (Å²) >= 11 is 0. The van der Waals surface area contributed by atoms with E-state index in [2.05, 4.69) is 30.0 Å². The zero-order valence-corrected chi connectivity index (χ0v) is 24.1. The maximum atomic E-state index is 14.0. The van der Waals surface area contributed by atoms with Crippen molar-refractivity contribution in [1.82, 2.24) is 24.5 Å². The first kappa shape index (κ1) is 26.5. The van der Waals surface area contributed by atoms with Crippen molar-refractivity contribution in [1.29, 1.82) is 0 Å². The summed E-state index contributed by atoms with van der Waals surface area (Å²) in [5.74, 6) is 0.571. The van der Waals surface area contributed by atoms with Crippen LogP contribution in [-0.4, -0.2) is 32.9 Å². The standard InChI is InChI=1S/C32H27N7O3S/c1-18-7-6-8-20-13-27(39(32(40)28(18)20)22-9-4-3-5-10-22)19(2)37-31-29-25(16-34-30(29)35-17-36-31)24-14-21(38-43(41)42)15-26-23(24)11-12-33-26/h3-17,19,33,43H,1-2H3,(H,38,41,42)(H2,34,35,36,37). The minimum atomic E-state index is -2.84. The lowest BCUT2D eigenvalue weighted by Crippen LogP contribution is -2.26. The molecule has 0 aliphatic carbocycles. The van der Waals surface area contributed by atoms with Crippen LogP contribution in [0.1, 0.15) is 24.2 Å². The first-order valence-corrected chi connectivity index (χ1v) is 14.9. The molecule has 0 fully saturated rings. The van der Waals surface area contributed by atoms with Crippen molar-refractivity contribution in [3.05, 3.63) is 113 Å². The Morgan fingerprint density at radius 1 is 0.907 bits per heavy atom. The molecule has 0 amide bonds. The average Bonchev–Trinajstić information content (AvgIpc) is 3.65. The Labute approximate surface area is 247 Å². The highest BCUT2D eigenvalue weighted by Crippen LogP contribution is 2.38. The Hall–Kier alpha value is -5.42. The number of rotatable bonds is 7. The zero-order valence-electron chi connectivity index (χ0n) is 23.3. The highest BCUT2D eigenvalue weighted by Gasteiger charge is 2.21. The number of nitrogens with one attached hydrogen (secondary N) is 4. The van der Waals surface area contributed by atoms with Gasteiger partial charge in [0.25, 0.3) is 5.56 Å². The van der Waals surface area contributed by atoms with Crippen molar-refractivity contribution in [2.75, 3.05) is 10.0 Å². The van der Waals surface area contributed by atoms with Crippen LogP contribution in [0.5, 0.6) is 0 Å². The third-order valence-corrected chi connectivity index (χ3v) is 8.18. The molecule has 0 saturated heterocycles. The molecular weight excluding hydrogens is 562 g/mol. The molecule has 11 heteroatoms. The van der Waals surface area contributed by atoms with Gasteiger partial charge >= 0.3 is 0 Å². The molecule has 1 atom stereocenters. The molecule has 3 aromatic carbocycles. The topological polar surface area (TPSA) is 138 Å². The predicted octanol–water partition coefficient (Wildman–Crippen LogP) is 5.83. The zero-order chi connectivity index (χ0) is 29.7. The van der Waals surface area contributed by atoms with Crippen molar-refractivity contribution >= 4 is 55.1 Å². The van der Waals surface area contributed by atoms with E-state index in [4.69, 9.17) is 0 Å². The van der Waals surface area contributed by atoms with Crippen LogP contribution in [0.3, 0.4) is 0 Å². The molecular formula is C32H27N7O3S. The number of hydrogen-bond acceptors (Lipinski definition) is 6. The summed E-state index contributed by atoms with van der Waals surface area (Å²) in [4.78, 5) is 29.5. The molecule has 4 aromatic heterocycles. The molecule has 0 radical (unpaired) electrons. The van der Waals surface area contributed by atoms with Crippen LogP contribution in [0.2, 0.25) is 0 Å². The number of aromatic amines is 2. The maximum absolute atomic E-state index is 14.0. The quantitative estimate of drug-likeness (QED) is 0.148. The van der Waals surface area contributed by atoms with Gasteiger partial charge in [-0.25, -0.2) is 18.4 Å². The lowest BCUT2D eigenvalue weighted by atomic mass is 10.0. The van der Waals surface area contributed by atoms with Crippen molar-refractivity contribution in [3.8, 4) is 16.8 Å². The normalized spacial score (nSPS) is 12.3. The number of benzene rings is 3. The number of thiol groups is 1. The van der Waals surface area contributed by atoms with Gasteiger partial charge in [0.15, 0.2) is 0 Å². The molecule has 0 aliphatic rings. The number of hydrogen-bond donors (Lipinski definition) is 5. The van der Waals surface area contributed by atoms with E-state index in [0.29, 0.717) is 22.5 Å². The molecule has 0 saturated carbocycles. The lowest BCUT2D eigenvalue weighted by molar-refractivity contribution is 0.619. The molecule has 10 nitrogen and oxygen atoms in total. The summed E-state index contributed by atoms with van der Waals surface area (Å²) in [6.45, 7) is 3.95. The third kappa shape index (κ3) is 4.59. The van der Waals surface area contributed by atoms with Crippen molar-refractivity contribution in [3.63, 3.8) is 0 Å². The molecule has 7 aromatic rings. The fourth-order valence-corrected chi connectivity index (χ4v) is 6.18. The van der Waals surface area contributed by atoms with Gasteiger partial charge in [0.1, 0.15) is 17.8 Å². The number of nitrogens with zero attached hydrogens (tertiary/aromatic N) is 3. The molecule has 43 heavy (non-hydrogen) atoms. The van der Waals surface area contributed by atoms with E-state index in [1.807, 2.05) is 86.9 Å². The molecule has 7 rings (SSSR count). The van der Waals surface area contributed by atoms with Crippen molar-refractivity contribution in [2.45, 2.75) is 19.9 Å². The second kappa shape index (κ2) is 10.4. The number of anilines is 2. The van der Waals surface area contributed by atoms with Crippen LogP contribution in [0.4, 0.5) is 11.5 Å². The fraction of sp³-hybridized carbons (Fsp3) is 0.0938. The number of aryl methyl sites for hydroxylation is 1. The van der Waals surface area contributed by atoms with Gasteiger partial charge in [-0.05, 0) is 66.8 Å². The van der Waals surface area contributed by atoms with Crippen LogP contribution in [-0.2, 0) is 10.9 Å². The van der Waals surface area contributed by atoms with Crippen LogP contribution in [0.25, 0.3) is 49.5 Å². The van der Waals surface area contributed by atoms with E-state index >= 15 is 0 Å². The number of pyridine rings is 1. The second-order valence-corrected chi connectivity index (χ2v) is 11.2. The summed E-state index contributed by atoms with van der Waals surface area (Å²) in [6.07, 6.45) is 5.14. The van der Waals surface area contributed by atoms with Crippen LogP contribution in [0.15, 0.2) is 96.3 Å². The maximum Gasteiger partial charge on any atom is 0.263 e. The number of aromatic nitrogens is 5. The Kier molecular flexibility index (Phi) is 6.43. The van der Waals surface area contributed by atoms with Crippen LogP contribution >= 0.6 is 0 Å². The van der Waals surface area contributed by atoms with Gasteiger partial charge in [-0.15, -0.1) is 0 Å². The molecule has 0 spiro atoms. The minimum absolute atomic E-state index is 0.0866. The molecule has 4 N–H and O–H groups in total. The largest absolute Gasteiger partial charge is 0.361 e. The van der Waals surface area contributed by atoms with E-state index in [1.54, 1.807) is 16.7 Å². The first-order chi connectivity index (χ1) is 20.9. The predicted molar refractivity (Wildman–Crippen MR) is 171 cm³/mol. The molecule has 4 heterocycles. The van der Waals surface area contributed by atoms with Gasteiger partial charge in [0.2, 0.25) is 10.9 Å². The molecule has 0 aliphatic heterocycles. The molecule has 214 valence electrons. The summed E-state index contributed by atoms with van der Waals surface area (Å²) in [5, 5.41) is 6.76. The van der Waals surface area contributed by atoms with E-state index in [-0.39, 0.29) is 11.6 Å². The van der Waals surface area contributed by atoms with Gasteiger partial charge < -0.3 is 15.3 Å². The third-order valence-electron chi connectivity index (χ3n) is 7.74. The van der Waals surface area contributed by atoms with E-state index in [0.717, 1.165) is 49.7 Å². The van der Waals surface area contributed by atoms with Crippen LogP contribution in [0, 0.1) is 6.92 Å². The van der Waals surface area contributed by atoms with E-state index < -0.39 is 10.9 Å². The van der Waals surface area contributed by atoms with Crippen molar-refractivity contribution in [2.24, 2.45) is 0 Å². The van der Waals surface area contributed by atoms with Crippen LogP contribution < -0.4 is 15.6 Å². The Morgan fingerprint density at radius 2 is 1.74 bits per heavy atom. The van der Waals surface area contributed by atoms with Gasteiger partial charge in [0, 0.05) is 40.2 Å². The first-order valence-electron chi connectivity index (χ1n) is 13.7. The summed E-state index contributed by atoms with van der Waals surface area (Å²) in [5.41, 5.74) is 5.82. The van der Waals surface area contributed by atoms with Gasteiger partial charge in [-0.2, -0.15) is 0 Å². The van der Waals surface area contributed by atoms with Gasteiger partial charge in [0.05, 0.1) is 22.5 Å². The number of H-pyrrole nitrogens is 2. The Bertz CT molecular complexity index is 2290. The highest BCUT2D eigenvalue weighted by molar-refractivity contribution is 7.73. The second-order valence-electron chi connectivity index (χ2n) is 10.4. The Balaban J connectivity index is 1.39. The minimum Gasteiger partial charge on any atom is -0.361 e. The SMILES string of the molecule is Cc1cccc2cc(C(C)Nc3ncnc4[nH]cc(-c5cc(N[SH](=O)=O)cc6[nH]ccc56)c34)n(-c3ccccc3)c(=O)c12. The monoisotopic (exact) mass is 589 g/mol. The lowest BCUT2D eigenvalue weighted by Gasteiger charge is -2.22. The molecule has 1 unspecified atom stereocenters. The summed E-state index contributed by atoms with van der Waals surface area (Å²) in [6, 6.07) is 22.7.